The molecule has 0 aliphatic rings. The predicted octanol–water partition coefficient (Wildman–Crippen LogP) is -0.220. The summed E-state index contributed by atoms with van der Waals surface area (Å²) in [7, 11) is 0. The van der Waals surface area contributed by atoms with E-state index in [2.05, 4.69) is 15.1 Å². The second-order valence-electron chi connectivity index (χ2n) is 3.21. The van der Waals surface area contributed by atoms with Crippen LogP contribution in [0.1, 0.15) is 16.1 Å². The molecule has 0 unspecified atom stereocenters. The molecule has 0 amide bonds. The van der Waals surface area contributed by atoms with Crippen LogP contribution in [0.4, 0.5) is 0 Å². The quantitative estimate of drug-likeness (QED) is 0.785. The van der Waals surface area contributed by atoms with Crippen LogP contribution in [0.3, 0.4) is 0 Å². The summed E-state index contributed by atoms with van der Waals surface area (Å²) in [5.74, 6) is -1.13. The van der Waals surface area contributed by atoms with Crippen molar-refractivity contribution >= 4 is 5.97 Å². The summed E-state index contributed by atoms with van der Waals surface area (Å²) in [5, 5.41) is 12.8. The van der Waals surface area contributed by atoms with E-state index in [1.165, 1.54) is 30.9 Å². The van der Waals surface area contributed by atoms with Crippen LogP contribution in [0.2, 0.25) is 0 Å². The van der Waals surface area contributed by atoms with Crippen molar-refractivity contribution in [2.24, 2.45) is 0 Å². The second-order valence-corrected chi connectivity index (χ2v) is 3.21. The molecule has 0 aromatic carbocycles. The van der Waals surface area contributed by atoms with Gasteiger partial charge in [0.15, 0.2) is 0 Å². The Bertz CT molecular complexity index is 608. The molecule has 0 aliphatic carbocycles. The minimum Gasteiger partial charge on any atom is -0.478 e. The molecule has 0 atom stereocenters. The van der Waals surface area contributed by atoms with E-state index >= 15 is 0 Å². The van der Waals surface area contributed by atoms with Gasteiger partial charge in [0.05, 0.1) is 12.2 Å². The second kappa shape index (κ2) is 4.52. The third-order valence-corrected chi connectivity index (χ3v) is 2.11. The molecule has 7 nitrogen and oxygen atoms in total. The number of carboxylic acid groups (broad SMARTS) is 1. The third-order valence-electron chi connectivity index (χ3n) is 2.11. The molecule has 2 aromatic rings. The molecule has 2 heterocycles. The number of carboxylic acids is 1. The Labute approximate surface area is 95.4 Å². The van der Waals surface area contributed by atoms with Crippen molar-refractivity contribution in [3.8, 4) is 0 Å². The zero-order valence-electron chi connectivity index (χ0n) is 8.65. The fourth-order valence-electron chi connectivity index (χ4n) is 1.31. The van der Waals surface area contributed by atoms with E-state index in [-0.39, 0.29) is 23.4 Å². The normalized spacial score (nSPS) is 10.1. The average molecular weight is 232 g/mol. The van der Waals surface area contributed by atoms with Crippen LogP contribution in [0, 0.1) is 0 Å². The van der Waals surface area contributed by atoms with Gasteiger partial charge in [-0.1, -0.05) is 0 Å². The molecule has 1 N–H and O–H groups in total. The van der Waals surface area contributed by atoms with Crippen LogP contribution in [0.15, 0.2) is 35.6 Å². The molecule has 86 valence electrons. The van der Waals surface area contributed by atoms with Gasteiger partial charge in [0.1, 0.15) is 11.9 Å². The lowest BCUT2D eigenvalue weighted by atomic mass is 10.2. The van der Waals surface area contributed by atoms with Crippen molar-refractivity contribution in [2.75, 3.05) is 0 Å². The van der Waals surface area contributed by atoms with Gasteiger partial charge in [0, 0.05) is 18.5 Å². The lowest BCUT2D eigenvalue weighted by Gasteiger charge is -2.05. The first-order valence-corrected chi connectivity index (χ1v) is 4.73. The molecule has 0 aliphatic heterocycles. The van der Waals surface area contributed by atoms with E-state index < -0.39 is 5.97 Å². The Morgan fingerprint density at radius 2 is 2.29 bits per heavy atom. The average Bonchev–Trinajstić information content (AvgIpc) is 2.32. The lowest BCUT2D eigenvalue weighted by molar-refractivity contribution is 0.0694. The molecule has 7 heteroatoms. The van der Waals surface area contributed by atoms with Crippen molar-refractivity contribution in [1.82, 2.24) is 19.7 Å². The van der Waals surface area contributed by atoms with Crippen LogP contribution in [0.5, 0.6) is 0 Å². The first kappa shape index (κ1) is 10.9. The molecule has 2 aromatic heterocycles. The van der Waals surface area contributed by atoms with Crippen LogP contribution >= 0.6 is 0 Å². The Balaban J connectivity index is 2.40. The van der Waals surface area contributed by atoms with Crippen LogP contribution < -0.4 is 5.56 Å². The highest BCUT2D eigenvalue weighted by Gasteiger charge is 2.12. The van der Waals surface area contributed by atoms with E-state index in [0.717, 1.165) is 4.68 Å². The number of nitrogens with zero attached hydrogens (tertiary/aromatic N) is 4. The van der Waals surface area contributed by atoms with Gasteiger partial charge in [0.25, 0.3) is 5.56 Å². The molecule has 0 saturated heterocycles. The highest BCUT2D eigenvalue weighted by Crippen LogP contribution is 2.04. The zero-order chi connectivity index (χ0) is 12.3. The number of aromatic nitrogens is 4. The molecule has 0 saturated carbocycles. The molecule has 0 radical (unpaired) electrons. The number of carbonyl (C=O) groups is 1. The largest absolute Gasteiger partial charge is 0.478 e. The van der Waals surface area contributed by atoms with Crippen molar-refractivity contribution in [2.45, 2.75) is 6.54 Å². The maximum absolute atomic E-state index is 11.4. The minimum atomic E-state index is -1.13. The van der Waals surface area contributed by atoms with E-state index in [1.807, 2.05) is 0 Å². The zero-order valence-corrected chi connectivity index (χ0v) is 8.65. The van der Waals surface area contributed by atoms with Crippen LogP contribution in [0.25, 0.3) is 0 Å². The first-order valence-electron chi connectivity index (χ1n) is 4.73. The Kier molecular flexibility index (Phi) is 2.91. The summed E-state index contributed by atoms with van der Waals surface area (Å²) < 4.78 is 1.13. The number of hydrogen-bond donors (Lipinski definition) is 1. The molecular formula is C10H8N4O3. The fraction of sp³-hybridized carbons (Fsp3) is 0.100. The monoisotopic (exact) mass is 232 g/mol. The number of hydrogen-bond acceptors (Lipinski definition) is 5. The molecule has 0 bridgehead atoms. The standard InChI is InChI=1S/C10H8N4O3/c15-9-2-1-3-13-14(9)5-8-7(10(16)17)4-11-6-12-8/h1-4,6H,5H2,(H,16,17). The molecule has 0 spiro atoms. The molecule has 0 fully saturated rings. The van der Waals surface area contributed by atoms with E-state index in [1.54, 1.807) is 0 Å². The summed E-state index contributed by atoms with van der Waals surface area (Å²) >= 11 is 0. The van der Waals surface area contributed by atoms with Crippen molar-refractivity contribution in [1.29, 1.82) is 0 Å². The Morgan fingerprint density at radius 3 is 3.00 bits per heavy atom. The van der Waals surface area contributed by atoms with Gasteiger partial charge in [-0.2, -0.15) is 5.10 Å². The lowest BCUT2D eigenvalue weighted by Crippen LogP contribution is -2.23. The minimum absolute atomic E-state index is 0.00380. The summed E-state index contributed by atoms with van der Waals surface area (Å²) in [6, 6.07) is 2.85. The SMILES string of the molecule is O=C(O)c1cncnc1Cn1ncccc1=O. The molecular weight excluding hydrogens is 224 g/mol. The van der Waals surface area contributed by atoms with Gasteiger partial charge in [-0.3, -0.25) is 4.79 Å². The highest BCUT2D eigenvalue weighted by atomic mass is 16.4. The topological polar surface area (TPSA) is 98.0 Å². The van der Waals surface area contributed by atoms with Gasteiger partial charge in [-0.05, 0) is 6.07 Å². The van der Waals surface area contributed by atoms with Crippen molar-refractivity contribution in [3.63, 3.8) is 0 Å². The predicted molar refractivity (Wildman–Crippen MR) is 56.6 cm³/mol. The van der Waals surface area contributed by atoms with Gasteiger partial charge in [0.2, 0.25) is 0 Å². The van der Waals surface area contributed by atoms with Crippen molar-refractivity contribution in [3.05, 3.63) is 52.5 Å². The summed E-state index contributed by atoms with van der Waals surface area (Å²) in [5.41, 5.74) is -0.110. The maximum atomic E-state index is 11.4. The summed E-state index contributed by atoms with van der Waals surface area (Å²) in [6.07, 6.45) is 3.87. The third kappa shape index (κ3) is 2.33. The van der Waals surface area contributed by atoms with Gasteiger partial charge >= 0.3 is 5.97 Å². The smallest absolute Gasteiger partial charge is 0.339 e. The highest BCUT2D eigenvalue weighted by molar-refractivity contribution is 5.88. The first-order chi connectivity index (χ1) is 8.18. The van der Waals surface area contributed by atoms with Gasteiger partial charge in [-0.15, -0.1) is 0 Å². The number of aromatic carboxylic acids is 1. The van der Waals surface area contributed by atoms with Crippen molar-refractivity contribution < 1.29 is 9.90 Å². The molecule has 2 rings (SSSR count). The van der Waals surface area contributed by atoms with E-state index in [4.69, 9.17) is 5.11 Å². The number of rotatable bonds is 3. The molecule has 17 heavy (non-hydrogen) atoms. The Morgan fingerprint density at radius 1 is 1.47 bits per heavy atom. The van der Waals surface area contributed by atoms with Gasteiger partial charge in [-0.25, -0.2) is 19.4 Å². The summed E-state index contributed by atoms with van der Waals surface area (Å²) in [4.78, 5) is 29.8. The van der Waals surface area contributed by atoms with Crippen LogP contribution in [-0.2, 0) is 6.54 Å². The maximum Gasteiger partial charge on any atom is 0.339 e. The van der Waals surface area contributed by atoms with Crippen LogP contribution in [-0.4, -0.2) is 30.8 Å². The summed E-state index contributed by atoms with van der Waals surface area (Å²) in [6.45, 7) is 0.00380. The van der Waals surface area contributed by atoms with E-state index in [9.17, 15) is 9.59 Å². The van der Waals surface area contributed by atoms with Gasteiger partial charge < -0.3 is 5.11 Å². The fourth-order valence-corrected chi connectivity index (χ4v) is 1.31. The van der Waals surface area contributed by atoms with E-state index in [0.29, 0.717) is 0 Å². The Hall–Kier alpha value is -2.57.